The number of hydrogen-bond acceptors (Lipinski definition) is 6. The summed E-state index contributed by atoms with van der Waals surface area (Å²) in [4.78, 5) is 22.9. The molecule has 0 aromatic heterocycles. The largest absolute Gasteiger partial charge is 0.465 e. The molecule has 3 rings (SSSR count). The standard InChI is InChI=1S/C21H20N2O6S/c1-3-29-21(24)20(18-10-6-8-15-7-4-5-9-17(15)18)22-30(27,28)16-12-11-14(2)19(13-16)23(25)26/h4-13,20,22H,3H2,1-2H3/t20-/m1/s1. The third-order valence-corrected chi connectivity index (χ3v) is 6.04. The molecule has 3 aromatic carbocycles. The van der Waals surface area contributed by atoms with Crippen LogP contribution in [0.3, 0.4) is 0 Å². The van der Waals surface area contributed by atoms with Gasteiger partial charge in [-0.1, -0.05) is 48.5 Å². The quantitative estimate of drug-likeness (QED) is 0.349. The topological polar surface area (TPSA) is 116 Å². The second kappa shape index (κ2) is 8.60. The average molecular weight is 428 g/mol. The first-order valence-electron chi connectivity index (χ1n) is 9.16. The lowest BCUT2D eigenvalue weighted by molar-refractivity contribution is -0.385. The summed E-state index contributed by atoms with van der Waals surface area (Å²) in [5.41, 5.74) is 0.433. The maximum Gasteiger partial charge on any atom is 0.328 e. The maximum atomic E-state index is 13.0. The van der Waals surface area contributed by atoms with E-state index in [-0.39, 0.29) is 17.2 Å². The molecule has 0 amide bonds. The summed E-state index contributed by atoms with van der Waals surface area (Å²) in [6.45, 7) is 3.20. The first-order valence-corrected chi connectivity index (χ1v) is 10.6. The van der Waals surface area contributed by atoms with Crippen molar-refractivity contribution in [1.29, 1.82) is 0 Å². The van der Waals surface area contributed by atoms with E-state index in [0.29, 0.717) is 16.5 Å². The molecular weight excluding hydrogens is 408 g/mol. The van der Waals surface area contributed by atoms with E-state index in [4.69, 9.17) is 4.74 Å². The van der Waals surface area contributed by atoms with Gasteiger partial charge in [-0.15, -0.1) is 0 Å². The molecule has 0 saturated heterocycles. The van der Waals surface area contributed by atoms with Crippen molar-refractivity contribution >= 4 is 32.5 Å². The molecule has 0 saturated carbocycles. The van der Waals surface area contributed by atoms with Crippen LogP contribution in [0.5, 0.6) is 0 Å². The fraction of sp³-hybridized carbons (Fsp3) is 0.190. The minimum atomic E-state index is -4.27. The van der Waals surface area contributed by atoms with Crippen molar-refractivity contribution in [1.82, 2.24) is 4.72 Å². The number of benzene rings is 3. The number of nitro groups is 1. The van der Waals surface area contributed by atoms with Gasteiger partial charge in [0.2, 0.25) is 10.0 Å². The Kier molecular flexibility index (Phi) is 6.14. The van der Waals surface area contributed by atoms with Gasteiger partial charge >= 0.3 is 5.97 Å². The second-order valence-corrected chi connectivity index (χ2v) is 8.29. The smallest absolute Gasteiger partial charge is 0.328 e. The molecule has 0 heterocycles. The highest BCUT2D eigenvalue weighted by molar-refractivity contribution is 7.89. The highest BCUT2D eigenvalue weighted by atomic mass is 32.2. The van der Waals surface area contributed by atoms with Crippen molar-refractivity contribution in [3.8, 4) is 0 Å². The SMILES string of the molecule is CCOC(=O)[C@H](NS(=O)(=O)c1ccc(C)c([N+](=O)[O-])c1)c1cccc2ccccc12. The Labute approximate surface area is 173 Å². The van der Waals surface area contributed by atoms with Crippen LogP contribution in [-0.4, -0.2) is 25.9 Å². The molecule has 0 aliphatic carbocycles. The van der Waals surface area contributed by atoms with Gasteiger partial charge < -0.3 is 4.74 Å². The minimum absolute atomic E-state index is 0.0673. The number of esters is 1. The molecule has 3 aromatic rings. The molecule has 0 unspecified atom stereocenters. The van der Waals surface area contributed by atoms with Crippen LogP contribution in [0.2, 0.25) is 0 Å². The first-order chi connectivity index (χ1) is 14.2. The number of nitrogens with one attached hydrogen (secondary N) is 1. The van der Waals surface area contributed by atoms with Gasteiger partial charge in [-0.2, -0.15) is 4.72 Å². The van der Waals surface area contributed by atoms with E-state index < -0.39 is 27.0 Å². The summed E-state index contributed by atoms with van der Waals surface area (Å²) in [5.74, 6) is -0.765. The highest BCUT2D eigenvalue weighted by Crippen LogP contribution is 2.28. The average Bonchev–Trinajstić information content (AvgIpc) is 2.72. The maximum absolute atomic E-state index is 13.0. The van der Waals surface area contributed by atoms with Crippen molar-refractivity contribution < 1.29 is 22.9 Å². The molecule has 1 atom stereocenters. The Hall–Kier alpha value is -3.30. The summed E-state index contributed by atoms with van der Waals surface area (Å²) < 4.78 is 33.5. The zero-order valence-electron chi connectivity index (χ0n) is 16.4. The van der Waals surface area contributed by atoms with Crippen LogP contribution < -0.4 is 4.72 Å². The summed E-state index contributed by atoms with van der Waals surface area (Å²) in [5, 5.41) is 12.7. The van der Waals surface area contributed by atoms with Crippen LogP contribution in [0.1, 0.15) is 24.1 Å². The van der Waals surface area contributed by atoms with Gasteiger partial charge in [0.05, 0.1) is 16.4 Å². The monoisotopic (exact) mass is 428 g/mol. The van der Waals surface area contributed by atoms with E-state index in [1.54, 1.807) is 31.2 Å². The molecule has 0 bridgehead atoms. The van der Waals surface area contributed by atoms with E-state index in [1.807, 2.05) is 18.2 Å². The van der Waals surface area contributed by atoms with Crippen molar-refractivity contribution in [3.05, 3.63) is 81.9 Å². The van der Waals surface area contributed by atoms with Gasteiger partial charge in [0.15, 0.2) is 0 Å². The van der Waals surface area contributed by atoms with Gasteiger partial charge in [-0.3, -0.25) is 10.1 Å². The van der Waals surface area contributed by atoms with Crippen LogP contribution in [-0.2, 0) is 19.6 Å². The third-order valence-electron chi connectivity index (χ3n) is 4.62. The molecule has 0 radical (unpaired) electrons. The number of fused-ring (bicyclic) bond motifs is 1. The van der Waals surface area contributed by atoms with Crippen molar-refractivity contribution in [2.24, 2.45) is 0 Å². The molecule has 9 heteroatoms. The fourth-order valence-corrected chi connectivity index (χ4v) is 4.33. The summed E-state index contributed by atoms with van der Waals surface area (Å²) in [6.07, 6.45) is 0. The van der Waals surface area contributed by atoms with Gasteiger partial charge in [-0.25, -0.2) is 13.2 Å². The molecular formula is C21H20N2O6S. The van der Waals surface area contributed by atoms with Gasteiger partial charge in [-0.05, 0) is 36.2 Å². The van der Waals surface area contributed by atoms with Crippen LogP contribution in [0, 0.1) is 17.0 Å². The predicted molar refractivity (Wildman–Crippen MR) is 111 cm³/mol. The Bertz CT molecular complexity index is 1220. The third kappa shape index (κ3) is 4.32. The molecule has 0 spiro atoms. The first kappa shape index (κ1) is 21.4. The number of ether oxygens (including phenoxy) is 1. The Morgan fingerprint density at radius 1 is 1.13 bits per heavy atom. The zero-order chi connectivity index (χ0) is 21.9. The molecule has 1 N–H and O–H groups in total. The van der Waals surface area contributed by atoms with Crippen LogP contribution >= 0.6 is 0 Å². The fourth-order valence-electron chi connectivity index (χ4n) is 3.14. The molecule has 0 fully saturated rings. The minimum Gasteiger partial charge on any atom is -0.465 e. The van der Waals surface area contributed by atoms with E-state index in [1.165, 1.54) is 19.1 Å². The lowest BCUT2D eigenvalue weighted by atomic mass is 9.99. The molecule has 8 nitrogen and oxygen atoms in total. The Morgan fingerprint density at radius 2 is 1.83 bits per heavy atom. The second-order valence-electron chi connectivity index (χ2n) is 6.58. The molecule has 156 valence electrons. The van der Waals surface area contributed by atoms with Gasteiger partial charge in [0, 0.05) is 11.6 Å². The predicted octanol–water partition coefficient (Wildman–Crippen LogP) is 3.64. The summed E-state index contributed by atoms with van der Waals surface area (Å²) in [6, 6.07) is 14.7. The lowest BCUT2D eigenvalue weighted by Gasteiger charge is -2.19. The van der Waals surface area contributed by atoms with Gasteiger partial charge in [0.25, 0.3) is 5.69 Å². The van der Waals surface area contributed by atoms with Crippen molar-refractivity contribution in [3.63, 3.8) is 0 Å². The summed E-state index contributed by atoms with van der Waals surface area (Å²) >= 11 is 0. The van der Waals surface area contributed by atoms with E-state index in [0.717, 1.165) is 11.5 Å². The Morgan fingerprint density at radius 3 is 2.53 bits per heavy atom. The number of aryl methyl sites for hydroxylation is 1. The Balaban J connectivity index is 2.09. The number of carbonyl (C=O) groups excluding carboxylic acids is 1. The van der Waals surface area contributed by atoms with E-state index >= 15 is 0 Å². The molecule has 0 aliphatic rings. The number of carbonyl (C=O) groups is 1. The van der Waals surface area contributed by atoms with Crippen LogP contribution in [0.25, 0.3) is 10.8 Å². The highest BCUT2D eigenvalue weighted by Gasteiger charge is 2.30. The van der Waals surface area contributed by atoms with Crippen molar-refractivity contribution in [2.75, 3.05) is 6.61 Å². The number of nitro benzene ring substituents is 1. The van der Waals surface area contributed by atoms with Gasteiger partial charge in [0.1, 0.15) is 6.04 Å². The number of nitrogens with zero attached hydrogens (tertiary/aromatic N) is 1. The molecule has 0 aliphatic heterocycles. The van der Waals surface area contributed by atoms with Crippen LogP contribution in [0.15, 0.2) is 65.6 Å². The number of sulfonamides is 1. The lowest BCUT2D eigenvalue weighted by Crippen LogP contribution is -2.35. The van der Waals surface area contributed by atoms with E-state index in [2.05, 4.69) is 4.72 Å². The normalized spacial score (nSPS) is 12.5. The number of hydrogen-bond donors (Lipinski definition) is 1. The zero-order valence-corrected chi connectivity index (χ0v) is 17.2. The summed E-state index contributed by atoms with van der Waals surface area (Å²) in [7, 11) is -4.27. The van der Waals surface area contributed by atoms with E-state index in [9.17, 15) is 23.3 Å². The number of rotatable bonds is 7. The van der Waals surface area contributed by atoms with Crippen molar-refractivity contribution in [2.45, 2.75) is 24.8 Å². The van der Waals surface area contributed by atoms with Crippen LogP contribution in [0.4, 0.5) is 5.69 Å². The molecule has 30 heavy (non-hydrogen) atoms.